The van der Waals surface area contributed by atoms with Gasteiger partial charge in [-0.05, 0) is 50.8 Å². The zero-order valence-electron chi connectivity index (χ0n) is 10.9. The fourth-order valence-electron chi connectivity index (χ4n) is 2.42. The van der Waals surface area contributed by atoms with E-state index >= 15 is 0 Å². The van der Waals surface area contributed by atoms with Gasteiger partial charge in [-0.3, -0.25) is 0 Å². The van der Waals surface area contributed by atoms with Gasteiger partial charge in [0.2, 0.25) is 0 Å². The first-order valence-electron chi connectivity index (χ1n) is 6.78. The predicted molar refractivity (Wildman–Crippen MR) is 70.0 cm³/mol. The lowest BCUT2D eigenvalue weighted by Crippen LogP contribution is -2.14. The van der Waals surface area contributed by atoms with Gasteiger partial charge in [0.05, 0.1) is 0 Å². The molecule has 0 bridgehead atoms. The van der Waals surface area contributed by atoms with E-state index < -0.39 is 0 Å². The van der Waals surface area contributed by atoms with Gasteiger partial charge in [0.1, 0.15) is 5.82 Å². The van der Waals surface area contributed by atoms with Crippen LogP contribution in [0.5, 0.6) is 0 Å². The summed E-state index contributed by atoms with van der Waals surface area (Å²) in [5, 5.41) is 3.44. The molecular formula is C14H23N3. The third-order valence-corrected chi connectivity index (χ3v) is 3.29. The zero-order chi connectivity index (χ0) is 12.1. The third kappa shape index (κ3) is 3.77. The maximum absolute atomic E-state index is 4.74. The number of nitrogens with zero attached hydrogens (tertiary/aromatic N) is 2. The molecular weight excluding hydrogens is 210 g/mol. The average molecular weight is 233 g/mol. The Balaban J connectivity index is 2.08. The molecule has 1 unspecified atom stereocenters. The first kappa shape index (κ1) is 12.5. The fraction of sp³-hybridized carbons (Fsp3) is 0.714. The van der Waals surface area contributed by atoms with Gasteiger partial charge in [0.15, 0.2) is 0 Å². The van der Waals surface area contributed by atoms with E-state index in [1.165, 1.54) is 25.0 Å². The largest absolute Gasteiger partial charge is 0.317 e. The quantitative estimate of drug-likeness (QED) is 0.871. The van der Waals surface area contributed by atoms with Crippen molar-refractivity contribution in [1.29, 1.82) is 0 Å². The Morgan fingerprint density at radius 2 is 2.24 bits per heavy atom. The van der Waals surface area contributed by atoms with Crippen molar-refractivity contribution < 1.29 is 0 Å². The van der Waals surface area contributed by atoms with E-state index in [0.29, 0.717) is 11.8 Å². The second-order valence-corrected chi connectivity index (χ2v) is 5.38. The molecule has 0 saturated carbocycles. The van der Waals surface area contributed by atoms with Crippen LogP contribution >= 0.6 is 0 Å². The molecule has 2 heterocycles. The van der Waals surface area contributed by atoms with Crippen LogP contribution in [0.4, 0.5) is 0 Å². The van der Waals surface area contributed by atoms with Crippen molar-refractivity contribution in [1.82, 2.24) is 15.3 Å². The summed E-state index contributed by atoms with van der Waals surface area (Å²) in [5.74, 6) is 2.28. The van der Waals surface area contributed by atoms with Crippen molar-refractivity contribution in [2.75, 3.05) is 13.1 Å². The van der Waals surface area contributed by atoms with E-state index in [4.69, 9.17) is 4.98 Å². The van der Waals surface area contributed by atoms with Gasteiger partial charge in [0, 0.05) is 17.8 Å². The zero-order valence-corrected chi connectivity index (χ0v) is 10.9. The van der Waals surface area contributed by atoms with Gasteiger partial charge in [-0.1, -0.05) is 13.8 Å². The average Bonchev–Trinajstić information content (AvgIpc) is 2.57. The molecule has 1 saturated heterocycles. The van der Waals surface area contributed by atoms with Crippen LogP contribution in [0.25, 0.3) is 0 Å². The Bertz CT molecular complexity index is 341. The number of hydrogen-bond acceptors (Lipinski definition) is 3. The molecule has 0 spiro atoms. The lowest BCUT2D eigenvalue weighted by atomic mass is 9.99. The van der Waals surface area contributed by atoms with Crippen molar-refractivity contribution in [2.24, 2.45) is 5.92 Å². The molecule has 0 amide bonds. The summed E-state index contributed by atoms with van der Waals surface area (Å²) in [7, 11) is 0. The summed E-state index contributed by atoms with van der Waals surface area (Å²) in [6, 6.07) is 2.05. The maximum atomic E-state index is 4.74. The first-order valence-corrected chi connectivity index (χ1v) is 6.78. The fourth-order valence-corrected chi connectivity index (χ4v) is 2.42. The predicted octanol–water partition coefficient (Wildman–Crippen LogP) is 2.53. The van der Waals surface area contributed by atoms with E-state index in [1.807, 2.05) is 6.20 Å². The highest BCUT2D eigenvalue weighted by atomic mass is 14.9. The summed E-state index contributed by atoms with van der Waals surface area (Å²) in [6.45, 7) is 6.71. The molecule has 1 aliphatic heterocycles. The number of nitrogens with one attached hydrogen (secondary N) is 1. The molecule has 1 aliphatic rings. The van der Waals surface area contributed by atoms with E-state index in [2.05, 4.69) is 30.2 Å². The van der Waals surface area contributed by atoms with E-state index in [9.17, 15) is 0 Å². The summed E-state index contributed by atoms with van der Waals surface area (Å²) in [5.41, 5.74) is 1.20. The highest BCUT2D eigenvalue weighted by Gasteiger charge is 2.17. The number of rotatable bonds is 3. The molecule has 1 aromatic rings. The summed E-state index contributed by atoms with van der Waals surface area (Å²) in [4.78, 5) is 9.21. The van der Waals surface area contributed by atoms with Crippen molar-refractivity contribution in [3.05, 3.63) is 23.8 Å². The summed E-state index contributed by atoms with van der Waals surface area (Å²) < 4.78 is 0. The Kier molecular flexibility index (Phi) is 4.49. The highest BCUT2D eigenvalue weighted by molar-refractivity contribution is 5.06. The van der Waals surface area contributed by atoms with Crippen LogP contribution in [-0.2, 0) is 6.42 Å². The molecule has 17 heavy (non-hydrogen) atoms. The maximum Gasteiger partial charge on any atom is 0.131 e. The second-order valence-electron chi connectivity index (χ2n) is 5.38. The first-order chi connectivity index (χ1) is 8.25. The molecule has 1 aromatic heterocycles. The lowest BCUT2D eigenvalue weighted by Gasteiger charge is -2.13. The van der Waals surface area contributed by atoms with Crippen LogP contribution in [0, 0.1) is 5.92 Å². The standard InChI is InChI=1S/C14H23N3/c1-11(2)10-13-6-9-16-14(17-13)12-4-3-7-15-8-5-12/h6,9,11-12,15H,3-5,7-8,10H2,1-2H3. The minimum absolute atomic E-state index is 0.553. The molecule has 1 fully saturated rings. The normalized spacial score (nSPS) is 21.5. The van der Waals surface area contributed by atoms with Gasteiger partial charge in [-0.15, -0.1) is 0 Å². The number of hydrogen-bond donors (Lipinski definition) is 1. The van der Waals surface area contributed by atoms with Gasteiger partial charge >= 0.3 is 0 Å². The van der Waals surface area contributed by atoms with Gasteiger partial charge in [0.25, 0.3) is 0 Å². The van der Waals surface area contributed by atoms with Gasteiger partial charge < -0.3 is 5.32 Å². The van der Waals surface area contributed by atoms with Crippen LogP contribution in [0.15, 0.2) is 12.3 Å². The molecule has 2 rings (SSSR count). The highest BCUT2D eigenvalue weighted by Crippen LogP contribution is 2.23. The topological polar surface area (TPSA) is 37.8 Å². The smallest absolute Gasteiger partial charge is 0.131 e. The summed E-state index contributed by atoms with van der Waals surface area (Å²) in [6.07, 6.45) is 6.62. The molecule has 0 aliphatic carbocycles. The Morgan fingerprint density at radius 1 is 1.35 bits per heavy atom. The van der Waals surface area contributed by atoms with Crippen molar-refractivity contribution in [2.45, 2.75) is 45.4 Å². The number of aromatic nitrogens is 2. The van der Waals surface area contributed by atoms with Crippen LogP contribution in [0.2, 0.25) is 0 Å². The summed E-state index contributed by atoms with van der Waals surface area (Å²) >= 11 is 0. The van der Waals surface area contributed by atoms with Crippen LogP contribution < -0.4 is 5.32 Å². The molecule has 3 heteroatoms. The minimum atomic E-state index is 0.553. The van der Waals surface area contributed by atoms with Crippen molar-refractivity contribution in [3.63, 3.8) is 0 Å². The third-order valence-electron chi connectivity index (χ3n) is 3.29. The Morgan fingerprint density at radius 3 is 3.06 bits per heavy atom. The molecule has 1 N–H and O–H groups in total. The van der Waals surface area contributed by atoms with Gasteiger partial charge in [-0.25, -0.2) is 9.97 Å². The van der Waals surface area contributed by atoms with E-state index in [1.54, 1.807) is 0 Å². The van der Waals surface area contributed by atoms with Crippen molar-refractivity contribution in [3.8, 4) is 0 Å². The van der Waals surface area contributed by atoms with Crippen LogP contribution in [-0.4, -0.2) is 23.1 Å². The Labute approximate surface area is 104 Å². The monoisotopic (exact) mass is 233 g/mol. The molecule has 3 nitrogen and oxygen atoms in total. The molecule has 1 atom stereocenters. The molecule has 0 aromatic carbocycles. The Hall–Kier alpha value is -0.960. The van der Waals surface area contributed by atoms with Gasteiger partial charge in [-0.2, -0.15) is 0 Å². The van der Waals surface area contributed by atoms with Crippen LogP contribution in [0.3, 0.4) is 0 Å². The van der Waals surface area contributed by atoms with Crippen molar-refractivity contribution >= 4 is 0 Å². The minimum Gasteiger partial charge on any atom is -0.317 e. The SMILES string of the molecule is CC(C)Cc1ccnc(C2CCCNCC2)n1. The lowest BCUT2D eigenvalue weighted by molar-refractivity contribution is 0.563. The van der Waals surface area contributed by atoms with E-state index in [0.717, 1.165) is 25.3 Å². The van der Waals surface area contributed by atoms with Crippen LogP contribution in [0.1, 0.15) is 50.5 Å². The van der Waals surface area contributed by atoms with E-state index in [-0.39, 0.29) is 0 Å². The molecule has 0 radical (unpaired) electrons. The molecule has 94 valence electrons. The second kappa shape index (κ2) is 6.10.